The van der Waals surface area contributed by atoms with Crippen LogP contribution in [0.1, 0.15) is 11.1 Å². The number of aromatic nitrogens is 4. The van der Waals surface area contributed by atoms with Crippen LogP contribution in [0.4, 0.5) is 34.4 Å². The maximum atomic E-state index is 5.35. The Balaban J connectivity index is 0.976. The molecular formula is C56H40N6. The summed E-state index contributed by atoms with van der Waals surface area (Å²) in [5.41, 5.74) is 13.8. The lowest BCUT2D eigenvalue weighted by atomic mass is 10.0. The number of hydrogen-bond donors (Lipinski definition) is 0. The van der Waals surface area contributed by atoms with Crippen LogP contribution in [-0.2, 0) is 0 Å². The molecule has 0 unspecified atom stereocenters. The smallest absolute Gasteiger partial charge is 0.138 e. The number of para-hydroxylation sites is 4. The van der Waals surface area contributed by atoms with Gasteiger partial charge in [0.15, 0.2) is 0 Å². The molecule has 4 heterocycles. The first-order valence-corrected chi connectivity index (χ1v) is 20.9. The van der Waals surface area contributed by atoms with E-state index in [0.717, 1.165) is 112 Å². The molecule has 62 heavy (non-hydrogen) atoms. The first kappa shape index (κ1) is 36.8. The number of fused-ring (bicyclic) bond motifs is 6. The molecule has 294 valence electrons. The number of nitrogens with zero attached hydrogens (tertiary/aromatic N) is 6. The Morgan fingerprint density at radius 1 is 0.306 bits per heavy atom. The van der Waals surface area contributed by atoms with E-state index in [2.05, 4.69) is 206 Å². The second-order valence-electron chi connectivity index (χ2n) is 15.6. The van der Waals surface area contributed by atoms with Crippen molar-refractivity contribution < 1.29 is 0 Å². The average molecular weight is 797 g/mol. The summed E-state index contributed by atoms with van der Waals surface area (Å²) in [6.45, 7) is 4.31. The highest BCUT2D eigenvalue weighted by Gasteiger charge is 2.19. The van der Waals surface area contributed by atoms with Crippen LogP contribution >= 0.6 is 0 Å². The normalized spacial score (nSPS) is 11.4. The lowest BCUT2D eigenvalue weighted by Crippen LogP contribution is -2.12. The fourth-order valence-corrected chi connectivity index (χ4v) is 8.54. The van der Waals surface area contributed by atoms with Crippen molar-refractivity contribution in [2.45, 2.75) is 13.8 Å². The van der Waals surface area contributed by atoms with Gasteiger partial charge in [-0.25, -0.2) is 19.9 Å². The zero-order chi connectivity index (χ0) is 41.6. The third-order valence-electron chi connectivity index (χ3n) is 11.7. The van der Waals surface area contributed by atoms with Gasteiger partial charge < -0.3 is 0 Å². The predicted molar refractivity (Wildman–Crippen MR) is 257 cm³/mol. The molecule has 0 amide bonds. The molecule has 0 N–H and O–H groups in total. The molecule has 0 aliphatic heterocycles. The minimum Gasteiger partial charge on any atom is -0.295 e. The number of anilines is 6. The Kier molecular flexibility index (Phi) is 9.16. The van der Waals surface area contributed by atoms with Crippen molar-refractivity contribution in [3.8, 4) is 22.5 Å². The summed E-state index contributed by atoms with van der Waals surface area (Å²) in [7, 11) is 0. The third kappa shape index (κ3) is 6.64. The Hall–Kier alpha value is -8.22. The van der Waals surface area contributed by atoms with Gasteiger partial charge in [-0.2, -0.15) is 0 Å². The van der Waals surface area contributed by atoms with E-state index >= 15 is 0 Å². The maximum Gasteiger partial charge on any atom is 0.138 e. The minimum atomic E-state index is 0.846. The van der Waals surface area contributed by atoms with E-state index in [4.69, 9.17) is 19.9 Å². The number of pyridine rings is 4. The monoisotopic (exact) mass is 796 g/mol. The van der Waals surface area contributed by atoms with Crippen LogP contribution < -0.4 is 9.80 Å². The molecule has 0 fully saturated rings. The van der Waals surface area contributed by atoms with Crippen LogP contribution in [0, 0.1) is 13.8 Å². The van der Waals surface area contributed by atoms with Gasteiger partial charge in [-0.1, -0.05) is 133 Å². The highest BCUT2D eigenvalue weighted by atomic mass is 15.2. The highest BCUT2D eigenvalue weighted by molar-refractivity contribution is 6.07. The highest BCUT2D eigenvalue weighted by Crippen LogP contribution is 2.39. The second kappa shape index (κ2) is 15.4. The molecule has 4 aromatic heterocycles. The van der Waals surface area contributed by atoms with Crippen molar-refractivity contribution in [3.63, 3.8) is 0 Å². The minimum absolute atomic E-state index is 0.846. The lowest BCUT2D eigenvalue weighted by molar-refractivity contribution is 1.20. The fourth-order valence-electron chi connectivity index (χ4n) is 8.54. The first-order chi connectivity index (χ1) is 30.6. The molecule has 0 bridgehead atoms. The zero-order valence-corrected chi connectivity index (χ0v) is 34.3. The molecular weight excluding hydrogens is 757 g/mol. The summed E-state index contributed by atoms with van der Waals surface area (Å²) in [5, 5.41) is 4.26. The number of rotatable bonds is 8. The van der Waals surface area contributed by atoms with E-state index in [1.165, 1.54) is 0 Å². The Morgan fingerprint density at radius 3 is 0.968 bits per heavy atom. The van der Waals surface area contributed by atoms with Gasteiger partial charge in [-0.3, -0.25) is 9.80 Å². The van der Waals surface area contributed by atoms with E-state index in [-0.39, 0.29) is 0 Å². The van der Waals surface area contributed by atoms with Crippen molar-refractivity contribution in [1.29, 1.82) is 0 Å². The van der Waals surface area contributed by atoms with Gasteiger partial charge >= 0.3 is 0 Å². The fraction of sp³-hybridized carbons (Fsp3) is 0.0357. The number of benzene rings is 7. The Bertz CT molecular complexity index is 3100. The molecule has 11 aromatic rings. The molecule has 0 aliphatic carbocycles. The number of aryl methyl sites for hydroxylation is 2. The zero-order valence-electron chi connectivity index (χ0n) is 34.3. The maximum absolute atomic E-state index is 5.35. The van der Waals surface area contributed by atoms with Crippen LogP contribution in [0.15, 0.2) is 206 Å². The summed E-state index contributed by atoms with van der Waals surface area (Å²) in [6, 6.07) is 71.6. The third-order valence-corrected chi connectivity index (χ3v) is 11.7. The summed E-state index contributed by atoms with van der Waals surface area (Å²) in [4.78, 5) is 25.7. The molecule has 7 aromatic carbocycles. The largest absolute Gasteiger partial charge is 0.295 e. The number of hydrogen-bond acceptors (Lipinski definition) is 6. The molecule has 11 rings (SSSR count). The molecule has 6 heteroatoms. The van der Waals surface area contributed by atoms with Crippen molar-refractivity contribution in [3.05, 3.63) is 217 Å². The van der Waals surface area contributed by atoms with Crippen LogP contribution in [0.3, 0.4) is 0 Å². The van der Waals surface area contributed by atoms with Crippen molar-refractivity contribution >= 4 is 78.0 Å². The van der Waals surface area contributed by atoms with Crippen molar-refractivity contribution in [1.82, 2.24) is 19.9 Å². The van der Waals surface area contributed by atoms with Crippen LogP contribution in [-0.4, -0.2) is 19.9 Å². The SMILES string of the molecule is Cc1cc(N(c2ccccc2)c2ccccc2)nc2c1ccc1ccc(-c3ccc(-c4ccc5ccc6c(C)cc(N(c7ccccc7)c7ccccc7)nc6c5n4)cc3)nc12. The summed E-state index contributed by atoms with van der Waals surface area (Å²) in [5.74, 6) is 1.69. The Labute approximate surface area is 360 Å². The lowest BCUT2D eigenvalue weighted by Gasteiger charge is -2.25. The van der Waals surface area contributed by atoms with E-state index < -0.39 is 0 Å². The van der Waals surface area contributed by atoms with E-state index in [0.29, 0.717) is 0 Å². The second-order valence-corrected chi connectivity index (χ2v) is 15.6. The van der Waals surface area contributed by atoms with Gasteiger partial charge in [0.2, 0.25) is 0 Å². The molecule has 0 spiro atoms. The van der Waals surface area contributed by atoms with Crippen LogP contribution in [0.5, 0.6) is 0 Å². The quantitative estimate of drug-likeness (QED) is 0.143. The molecule has 6 nitrogen and oxygen atoms in total. The summed E-state index contributed by atoms with van der Waals surface area (Å²) < 4.78 is 0. The standard InChI is InChI=1S/C56H40N6/c1-37-35-51(61(43-15-7-3-8-16-43)44-17-9-4-10-18-44)59-55-47(37)31-27-41-29-33-49(57-53(41)55)39-23-25-40(26-24-39)50-34-30-42-28-32-48-38(2)36-52(60-56(48)54(42)58-50)62(45-19-11-5-12-20-45)46-21-13-6-14-22-46/h3-36H,1-2H3. The van der Waals surface area contributed by atoms with Gasteiger partial charge in [0.1, 0.15) is 11.6 Å². The average Bonchev–Trinajstić information content (AvgIpc) is 3.33. The van der Waals surface area contributed by atoms with Gasteiger partial charge in [-0.05, 0) is 97.8 Å². The van der Waals surface area contributed by atoms with E-state index in [1.807, 2.05) is 24.3 Å². The van der Waals surface area contributed by atoms with Gasteiger partial charge in [-0.15, -0.1) is 0 Å². The molecule has 0 saturated carbocycles. The van der Waals surface area contributed by atoms with E-state index in [9.17, 15) is 0 Å². The summed E-state index contributed by atoms with van der Waals surface area (Å²) in [6.07, 6.45) is 0. The molecule has 0 atom stereocenters. The predicted octanol–water partition coefficient (Wildman–Crippen LogP) is 14.8. The van der Waals surface area contributed by atoms with Gasteiger partial charge in [0, 0.05) is 55.4 Å². The van der Waals surface area contributed by atoms with E-state index in [1.54, 1.807) is 0 Å². The first-order valence-electron chi connectivity index (χ1n) is 20.9. The van der Waals surface area contributed by atoms with Crippen molar-refractivity contribution in [2.24, 2.45) is 0 Å². The van der Waals surface area contributed by atoms with Crippen LogP contribution in [0.2, 0.25) is 0 Å². The molecule has 0 aliphatic rings. The van der Waals surface area contributed by atoms with Gasteiger partial charge in [0.05, 0.1) is 33.5 Å². The molecule has 0 saturated heterocycles. The van der Waals surface area contributed by atoms with Crippen molar-refractivity contribution in [2.75, 3.05) is 9.80 Å². The molecule has 0 radical (unpaired) electrons. The van der Waals surface area contributed by atoms with Crippen LogP contribution in [0.25, 0.3) is 66.1 Å². The topological polar surface area (TPSA) is 58.0 Å². The summed E-state index contributed by atoms with van der Waals surface area (Å²) >= 11 is 0. The van der Waals surface area contributed by atoms with Gasteiger partial charge in [0.25, 0.3) is 0 Å². The Morgan fingerprint density at radius 2 is 0.629 bits per heavy atom.